The molecule has 0 aromatic heterocycles. The Morgan fingerprint density at radius 3 is 2.94 bits per heavy atom. The molecule has 1 heterocycles. The number of nitrogens with one attached hydrogen (secondary N) is 1. The first-order chi connectivity index (χ1) is 8.72. The minimum absolute atomic E-state index is 0.00379. The van der Waals surface area contributed by atoms with Crippen molar-refractivity contribution in [3.05, 3.63) is 59.4 Å². The van der Waals surface area contributed by atoms with Crippen molar-refractivity contribution >= 4 is 5.69 Å². The summed E-state index contributed by atoms with van der Waals surface area (Å²) in [5, 5.41) is 3.38. The summed E-state index contributed by atoms with van der Waals surface area (Å²) in [4.78, 5) is 0. The van der Waals surface area contributed by atoms with Gasteiger partial charge in [-0.3, -0.25) is 0 Å². The summed E-state index contributed by atoms with van der Waals surface area (Å²) < 4.78 is 18.9. The van der Waals surface area contributed by atoms with Gasteiger partial charge in [-0.05, 0) is 42.3 Å². The highest BCUT2D eigenvalue weighted by Crippen LogP contribution is 2.34. The Balaban J connectivity index is 1.89. The summed E-state index contributed by atoms with van der Waals surface area (Å²) in [5.74, 6) is 0.645. The normalized spacial score (nSPS) is 17.6. The largest absolute Gasteiger partial charge is 0.489 e. The van der Waals surface area contributed by atoms with E-state index in [1.807, 2.05) is 31.2 Å². The van der Waals surface area contributed by atoms with Gasteiger partial charge >= 0.3 is 0 Å². The predicted octanol–water partition coefficient (Wildman–Crippen LogP) is 3.68. The number of halogens is 1. The van der Waals surface area contributed by atoms with Crippen LogP contribution in [0.2, 0.25) is 0 Å². The van der Waals surface area contributed by atoms with E-state index in [0.717, 1.165) is 17.0 Å². The molecule has 1 aliphatic heterocycles. The SMILES string of the molecule is Cc1ccc2c(c1)OCC(c1cccc(F)c1)N2. The van der Waals surface area contributed by atoms with E-state index < -0.39 is 0 Å². The molecule has 1 N–H and O–H groups in total. The number of benzene rings is 2. The van der Waals surface area contributed by atoms with Crippen molar-refractivity contribution in [3.8, 4) is 5.75 Å². The molecular formula is C15H14FNO. The minimum atomic E-state index is -0.219. The van der Waals surface area contributed by atoms with E-state index in [4.69, 9.17) is 4.74 Å². The first-order valence-corrected chi connectivity index (χ1v) is 5.98. The summed E-state index contributed by atoms with van der Waals surface area (Å²) in [5.41, 5.74) is 3.03. The Kier molecular flexibility index (Phi) is 2.67. The molecule has 3 rings (SSSR count). The van der Waals surface area contributed by atoms with Crippen molar-refractivity contribution in [2.75, 3.05) is 11.9 Å². The predicted molar refractivity (Wildman–Crippen MR) is 69.4 cm³/mol. The van der Waals surface area contributed by atoms with E-state index in [9.17, 15) is 4.39 Å². The lowest BCUT2D eigenvalue weighted by atomic mass is 10.1. The summed E-state index contributed by atoms with van der Waals surface area (Å²) >= 11 is 0. The van der Waals surface area contributed by atoms with Crippen LogP contribution in [0, 0.1) is 12.7 Å². The zero-order valence-electron chi connectivity index (χ0n) is 10.1. The maximum Gasteiger partial charge on any atom is 0.142 e. The van der Waals surface area contributed by atoms with E-state index in [0.29, 0.717) is 6.61 Å². The smallest absolute Gasteiger partial charge is 0.142 e. The molecule has 2 nitrogen and oxygen atoms in total. The monoisotopic (exact) mass is 243 g/mol. The molecule has 0 amide bonds. The van der Waals surface area contributed by atoms with Gasteiger partial charge in [-0.25, -0.2) is 4.39 Å². The van der Waals surface area contributed by atoms with Crippen LogP contribution in [-0.4, -0.2) is 6.61 Å². The van der Waals surface area contributed by atoms with Crippen LogP contribution < -0.4 is 10.1 Å². The number of hydrogen-bond donors (Lipinski definition) is 1. The fraction of sp³-hybridized carbons (Fsp3) is 0.200. The second-order valence-electron chi connectivity index (χ2n) is 4.56. The molecule has 0 fully saturated rings. The maximum atomic E-state index is 13.2. The Hall–Kier alpha value is -2.03. The summed E-state index contributed by atoms with van der Waals surface area (Å²) in [7, 11) is 0. The fourth-order valence-electron chi connectivity index (χ4n) is 2.17. The van der Waals surface area contributed by atoms with E-state index in [1.54, 1.807) is 12.1 Å². The van der Waals surface area contributed by atoms with Crippen LogP contribution in [0.5, 0.6) is 5.75 Å². The number of anilines is 1. The molecule has 1 atom stereocenters. The van der Waals surface area contributed by atoms with Crippen LogP contribution in [0.15, 0.2) is 42.5 Å². The van der Waals surface area contributed by atoms with Crippen molar-refractivity contribution in [1.29, 1.82) is 0 Å². The highest BCUT2D eigenvalue weighted by atomic mass is 19.1. The Morgan fingerprint density at radius 1 is 1.22 bits per heavy atom. The van der Waals surface area contributed by atoms with Gasteiger partial charge < -0.3 is 10.1 Å². The van der Waals surface area contributed by atoms with Crippen LogP contribution >= 0.6 is 0 Å². The lowest BCUT2D eigenvalue weighted by Crippen LogP contribution is -2.24. The highest BCUT2D eigenvalue weighted by Gasteiger charge is 2.20. The molecule has 0 radical (unpaired) electrons. The van der Waals surface area contributed by atoms with Crippen LogP contribution in [0.1, 0.15) is 17.2 Å². The molecule has 2 aromatic carbocycles. The molecule has 3 heteroatoms. The van der Waals surface area contributed by atoms with Crippen LogP contribution in [0.25, 0.3) is 0 Å². The second kappa shape index (κ2) is 4.33. The summed E-state index contributed by atoms with van der Waals surface area (Å²) in [6.45, 7) is 2.54. The zero-order chi connectivity index (χ0) is 12.5. The van der Waals surface area contributed by atoms with Gasteiger partial charge in [0.25, 0.3) is 0 Å². The quantitative estimate of drug-likeness (QED) is 0.825. The highest BCUT2D eigenvalue weighted by molar-refractivity contribution is 5.60. The van der Waals surface area contributed by atoms with Gasteiger partial charge in [0.1, 0.15) is 18.2 Å². The molecule has 0 saturated carbocycles. The number of ether oxygens (including phenoxy) is 1. The molecule has 92 valence electrons. The first kappa shape index (κ1) is 11.1. The maximum absolute atomic E-state index is 13.2. The van der Waals surface area contributed by atoms with Crippen molar-refractivity contribution in [2.45, 2.75) is 13.0 Å². The van der Waals surface area contributed by atoms with E-state index >= 15 is 0 Å². The van der Waals surface area contributed by atoms with E-state index in [-0.39, 0.29) is 11.9 Å². The van der Waals surface area contributed by atoms with Crippen molar-refractivity contribution in [2.24, 2.45) is 0 Å². The van der Waals surface area contributed by atoms with Gasteiger partial charge in [-0.1, -0.05) is 18.2 Å². The zero-order valence-corrected chi connectivity index (χ0v) is 10.1. The summed E-state index contributed by atoms with van der Waals surface area (Å²) in [6.07, 6.45) is 0. The number of hydrogen-bond acceptors (Lipinski definition) is 2. The lowest BCUT2D eigenvalue weighted by molar-refractivity contribution is 0.286. The topological polar surface area (TPSA) is 21.3 Å². The van der Waals surface area contributed by atoms with Gasteiger partial charge in [0, 0.05) is 0 Å². The molecule has 0 spiro atoms. The molecule has 1 aliphatic rings. The Labute approximate surface area is 105 Å². The molecule has 0 bridgehead atoms. The van der Waals surface area contributed by atoms with Gasteiger partial charge in [-0.15, -0.1) is 0 Å². The van der Waals surface area contributed by atoms with Gasteiger partial charge in [0.2, 0.25) is 0 Å². The molecule has 2 aromatic rings. The average molecular weight is 243 g/mol. The molecular weight excluding hydrogens is 229 g/mol. The van der Waals surface area contributed by atoms with E-state index in [1.165, 1.54) is 11.6 Å². The molecule has 1 unspecified atom stereocenters. The third kappa shape index (κ3) is 2.04. The summed E-state index contributed by atoms with van der Waals surface area (Å²) in [6, 6.07) is 12.6. The molecule has 0 saturated heterocycles. The lowest BCUT2D eigenvalue weighted by Gasteiger charge is -2.28. The second-order valence-corrected chi connectivity index (χ2v) is 4.56. The third-order valence-corrected chi connectivity index (χ3v) is 3.12. The minimum Gasteiger partial charge on any atom is -0.489 e. The third-order valence-electron chi connectivity index (χ3n) is 3.12. The average Bonchev–Trinajstić information content (AvgIpc) is 2.38. The van der Waals surface area contributed by atoms with Gasteiger partial charge in [0.05, 0.1) is 11.7 Å². The fourth-order valence-corrected chi connectivity index (χ4v) is 2.17. The van der Waals surface area contributed by atoms with Crippen LogP contribution in [0.4, 0.5) is 10.1 Å². The Bertz CT molecular complexity index is 582. The van der Waals surface area contributed by atoms with Crippen molar-refractivity contribution in [1.82, 2.24) is 0 Å². The Morgan fingerprint density at radius 2 is 2.11 bits per heavy atom. The molecule has 18 heavy (non-hydrogen) atoms. The standard InChI is InChI=1S/C15H14FNO/c1-10-5-6-13-15(7-10)18-9-14(17-13)11-3-2-4-12(16)8-11/h2-8,14,17H,9H2,1H3. The van der Waals surface area contributed by atoms with Crippen molar-refractivity contribution in [3.63, 3.8) is 0 Å². The number of rotatable bonds is 1. The number of aryl methyl sites for hydroxylation is 1. The van der Waals surface area contributed by atoms with E-state index in [2.05, 4.69) is 5.32 Å². The van der Waals surface area contributed by atoms with Crippen LogP contribution in [0.3, 0.4) is 0 Å². The molecule has 0 aliphatic carbocycles. The first-order valence-electron chi connectivity index (χ1n) is 5.98. The van der Waals surface area contributed by atoms with Gasteiger partial charge in [-0.2, -0.15) is 0 Å². The van der Waals surface area contributed by atoms with Crippen molar-refractivity contribution < 1.29 is 9.13 Å². The number of fused-ring (bicyclic) bond motifs is 1. The van der Waals surface area contributed by atoms with Crippen LogP contribution in [-0.2, 0) is 0 Å². The van der Waals surface area contributed by atoms with Gasteiger partial charge in [0.15, 0.2) is 0 Å².